The van der Waals surface area contributed by atoms with E-state index in [-0.39, 0.29) is 17.7 Å². The Morgan fingerprint density at radius 3 is 2.60 bits per heavy atom. The molecule has 0 aromatic carbocycles. The van der Waals surface area contributed by atoms with Gasteiger partial charge in [0.25, 0.3) is 0 Å². The van der Waals surface area contributed by atoms with E-state index in [0.717, 1.165) is 0 Å². The molecule has 82 valence electrons. The minimum Gasteiger partial charge on any atom is -0.481 e. The summed E-state index contributed by atoms with van der Waals surface area (Å²) in [4.78, 5) is 22.2. The van der Waals surface area contributed by atoms with Crippen LogP contribution >= 0.6 is 0 Å². The Kier molecular flexibility index (Phi) is 4.17. The van der Waals surface area contributed by atoms with E-state index in [0.29, 0.717) is 32.2 Å². The van der Waals surface area contributed by atoms with E-state index in [9.17, 15) is 9.59 Å². The highest BCUT2D eigenvalue weighted by atomic mass is 16.4. The first-order valence-corrected chi connectivity index (χ1v) is 5.09. The summed E-state index contributed by atoms with van der Waals surface area (Å²) in [5, 5.41) is 11.5. The van der Waals surface area contributed by atoms with Crippen LogP contribution in [0.2, 0.25) is 0 Å². The average molecular weight is 209 g/mol. The van der Waals surface area contributed by atoms with Gasteiger partial charge in [-0.3, -0.25) is 9.59 Å². The van der Waals surface area contributed by atoms with Gasteiger partial charge in [0.2, 0.25) is 5.91 Å². The summed E-state index contributed by atoms with van der Waals surface area (Å²) in [5.74, 6) is 1.07. The second-order valence-electron chi connectivity index (χ2n) is 3.79. The van der Waals surface area contributed by atoms with Gasteiger partial charge < -0.3 is 10.4 Å². The summed E-state index contributed by atoms with van der Waals surface area (Å²) in [6, 6.07) is 0. The third kappa shape index (κ3) is 3.28. The van der Waals surface area contributed by atoms with Crippen molar-refractivity contribution in [3.05, 3.63) is 0 Å². The van der Waals surface area contributed by atoms with Crippen molar-refractivity contribution in [3.63, 3.8) is 0 Å². The molecule has 4 heteroatoms. The molecule has 0 radical (unpaired) electrons. The molecule has 0 bridgehead atoms. The first-order chi connectivity index (χ1) is 7.15. The number of aliphatic carboxylic acids is 1. The molecule has 0 heterocycles. The van der Waals surface area contributed by atoms with E-state index in [1.54, 1.807) is 0 Å². The van der Waals surface area contributed by atoms with E-state index < -0.39 is 5.97 Å². The average Bonchev–Trinajstić information content (AvgIpc) is 2.66. The van der Waals surface area contributed by atoms with Crippen LogP contribution in [0.25, 0.3) is 0 Å². The van der Waals surface area contributed by atoms with E-state index in [2.05, 4.69) is 11.2 Å². The Labute approximate surface area is 89.0 Å². The molecule has 0 aromatic rings. The summed E-state index contributed by atoms with van der Waals surface area (Å²) in [6.45, 7) is 0.476. The number of hydrogen-bond acceptors (Lipinski definition) is 2. The van der Waals surface area contributed by atoms with Crippen LogP contribution in [-0.2, 0) is 9.59 Å². The molecule has 4 nitrogen and oxygen atoms in total. The smallest absolute Gasteiger partial charge is 0.306 e. The number of carboxylic acids is 1. The third-order valence-electron chi connectivity index (χ3n) is 2.72. The van der Waals surface area contributed by atoms with Crippen molar-refractivity contribution in [2.75, 3.05) is 6.54 Å². The van der Waals surface area contributed by atoms with Crippen LogP contribution in [0.3, 0.4) is 0 Å². The van der Waals surface area contributed by atoms with Gasteiger partial charge in [-0.25, -0.2) is 0 Å². The molecule has 0 aliphatic heterocycles. The van der Waals surface area contributed by atoms with E-state index >= 15 is 0 Å². The highest BCUT2D eigenvalue weighted by Crippen LogP contribution is 2.30. The molecule has 0 saturated heterocycles. The zero-order chi connectivity index (χ0) is 11.3. The standard InChI is InChI=1S/C11H15NO3/c1-2-3-6-12-10(13)8-4-5-9(7-8)11(14)15/h1,8-9H,3-7H2,(H,12,13)(H,14,15)/t8-,9+/m1/s1. The SMILES string of the molecule is C#CCCNC(=O)[C@@H]1CC[C@H](C(=O)O)C1. The van der Waals surface area contributed by atoms with Crippen molar-refractivity contribution >= 4 is 11.9 Å². The topological polar surface area (TPSA) is 66.4 Å². The summed E-state index contributed by atoms with van der Waals surface area (Å²) >= 11 is 0. The van der Waals surface area contributed by atoms with Crippen molar-refractivity contribution in [1.29, 1.82) is 0 Å². The van der Waals surface area contributed by atoms with Gasteiger partial charge in [0, 0.05) is 18.9 Å². The first-order valence-electron chi connectivity index (χ1n) is 5.09. The zero-order valence-electron chi connectivity index (χ0n) is 8.53. The third-order valence-corrected chi connectivity index (χ3v) is 2.72. The van der Waals surface area contributed by atoms with Crippen LogP contribution in [0.5, 0.6) is 0 Å². The fourth-order valence-corrected chi connectivity index (χ4v) is 1.85. The largest absolute Gasteiger partial charge is 0.481 e. The van der Waals surface area contributed by atoms with Gasteiger partial charge in [-0.2, -0.15) is 0 Å². The maximum Gasteiger partial charge on any atom is 0.306 e. The van der Waals surface area contributed by atoms with Crippen molar-refractivity contribution in [2.24, 2.45) is 11.8 Å². The maximum atomic E-state index is 11.5. The number of carbonyl (C=O) groups excluding carboxylic acids is 1. The molecular formula is C11H15NO3. The van der Waals surface area contributed by atoms with E-state index in [1.165, 1.54) is 0 Å². The van der Waals surface area contributed by atoms with Gasteiger partial charge in [-0.05, 0) is 19.3 Å². The normalized spacial score (nSPS) is 24.5. The maximum absolute atomic E-state index is 11.5. The summed E-state index contributed by atoms with van der Waals surface area (Å²) in [6.07, 6.45) is 7.29. The van der Waals surface area contributed by atoms with Gasteiger partial charge in [0.1, 0.15) is 0 Å². The number of terminal acetylenes is 1. The lowest BCUT2D eigenvalue weighted by molar-refractivity contribution is -0.141. The lowest BCUT2D eigenvalue weighted by atomic mass is 10.0. The van der Waals surface area contributed by atoms with Crippen LogP contribution < -0.4 is 5.32 Å². The molecule has 1 saturated carbocycles. The fourth-order valence-electron chi connectivity index (χ4n) is 1.85. The Bertz CT molecular complexity index is 293. The van der Waals surface area contributed by atoms with Gasteiger partial charge in [0.15, 0.2) is 0 Å². The van der Waals surface area contributed by atoms with Crippen LogP contribution in [0, 0.1) is 24.2 Å². The van der Waals surface area contributed by atoms with Gasteiger partial charge in [0.05, 0.1) is 5.92 Å². The predicted octanol–water partition coefficient (Wildman–Crippen LogP) is 0.627. The summed E-state index contributed by atoms with van der Waals surface area (Å²) in [5.41, 5.74) is 0. The monoisotopic (exact) mass is 209 g/mol. The van der Waals surface area contributed by atoms with Crippen LogP contribution in [0.1, 0.15) is 25.7 Å². The fraction of sp³-hybridized carbons (Fsp3) is 0.636. The molecular weight excluding hydrogens is 194 g/mol. The highest BCUT2D eigenvalue weighted by Gasteiger charge is 2.33. The molecule has 1 aliphatic carbocycles. The van der Waals surface area contributed by atoms with Crippen LogP contribution in [0.15, 0.2) is 0 Å². The first kappa shape index (κ1) is 11.6. The minimum atomic E-state index is -0.797. The number of nitrogens with one attached hydrogen (secondary N) is 1. The molecule has 0 aromatic heterocycles. The van der Waals surface area contributed by atoms with E-state index in [1.807, 2.05) is 0 Å². The van der Waals surface area contributed by atoms with Crippen molar-refractivity contribution in [3.8, 4) is 12.3 Å². The lowest BCUT2D eigenvalue weighted by Crippen LogP contribution is -2.30. The molecule has 1 aliphatic rings. The Hall–Kier alpha value is -1.50. The summed E-state index contributed by atoms with van der Waals surface area (Å²) < 4.78 is 0. The van der Waals surface area contributed by atoms with Crippen LogP contribution in [0.4, 0.5) is 0 Å². The van der Waals surface area contributed by atoms with Crippen molar-refractivity contribution < 1.29 is 14.7 Å². The number of carbonyl (C=O) groups is 2. The molecule has 2 N–H and O–H groups in total. The molecule has 1 rings (SSSR count). The molecule has 0 spiro atoms. The van der Waals surface area contributed by atoms with E-state index in [4.69, 9.17) is 11.5 Å². The van der Waals surface area contributed by atoms with Gasteiger partial charge >= 0.3 is 5.97 Å². The van der Waals surface area contributed by atoms with Gasteiger partial charge in [-0.15, -0.1) is 12.3 Å². The van der Waals surface area contributed by atoms with Crippen molar-refractivity contribution in [1.82, 2.24) is 5.32 Å². The molecule has 2 atom stereocenters. The Morgan fingerprint density at radius 2 is 2.07 bits per heavy atom. The second-order valence-corrected chi connectivity index (χ2v) is 3.79. The van der Waals surface area contributed by atoms with Crippen LogP contribution in [-0.4, -0.2) is 23.5 Å². The number of hydrogen-bond donors (Lipinski definition) is 2. The summed E-state index contributed by atoms with van der Waals surface area (Å²) in [7, 11) is 0. The minimum absolute atomic E-state index is 0.0611. The Balaban J connectivity index is 2.31. The quantitative estimate of drug-likeness (QED) is 0.527. The molecule has 0 unspecified atom stereocenters. The predicted molar refractivity (Wildman–Crippen MR) is 54.9 cm³/mol. The molecule has 15 heavy (non-hydrogen) atoms. The highest BCUT2D eigenvalue weighted by molar-refractivity contribution is 5.80. The lowest BCUT2D eigenvalue weighted by Gasteiger charge is -2.09. The second kappa shape index (κ2) is 5.40. The number of rotatable bonds is 4. The molecule has 1 fully saturated rings. The Morgan fingerprint density at radius 1 is 1.40 bits per heavy atom. The number of amides is 1. The van der Waals surface area contributed by atoms with Crippen molar-refractivity contribution in [2.45, 2.75) is 25.7 Å². The zero-order valence-corrected chi connectivity index (χ0v) is 8.53. The number of carboxylic acid groups (broad SMARTS) is 1. The van der Waals surface area contributed by atoms with Gasteiger partial charge in [-0.1, -0.05) is 0 Å². The molecule has 1 amide bonds.